The largest absolute Gasteiger partial charge is 0.490 e. The molecule has 3 nitrogen and oxygen atoms in total. The normalized spacial score (nSPS) is 10.6. The first-order valence-corrected chi connectivity index (χ1v) is 9.49. The van der Waals surface area contributed by atoms with Crippen molar-refractivity contribution in [2.75, 3.05) is 11.9 Å². The minimum absolute atomic E-state index is 0.251. The second kappa shape index (κ2) is 9.27. The van der Waals surface area contributed by atoms with Crippen molar-refractivity contribution in [1.82, 2.24) is 0 Å². The van der Waals surface area contributed by atoms with Gasteiger partial charge in [0.15, 0.2) is 11.5 Å². The lowest BCUT2D eigenvalue weighted by atomic mass is 10.1. The molecule has 3 rings (SSSR count). The molecular weight excluding hydrogens is 353 g/mol. The molecule has 0 bridgehead atoms. The zero-order chi connectivity index (χ0) is 19.9. The predicted octanol–water partition coefficient (Wildman–Crippen LogP) is 6.03. The molecule has 0 aliphatic carbocycles. The van der Waals surface area contributed by atoms with Gasteiger partial charge in [-0.2, -0.15) is 0 Å². The molecule has 0 saturated carbocycles. The van der Waals surface area contributed by atoms with Gasteiger partial charge in [0.05, 0.1) is 6.61 Å². The summed E-state index contributed by atoms with van der Waals surface area (Å²) in [5, 5.41) is 3.45. The van der Waals surface area contributed by atoms with Crippen LogP contribution in [0.25, 0.3) is 0 Å². The number of aryl methyl sites for hydroxylation is 2. The lowest BCUT2D eigenvalue weighted by molar-refractivity contribution is 0.269. The Kier molecular flexibility index (Phi) is 6.53. The van der Waals surface area contributed by atoms with Crippen molar-refractivity contribution in [1.29, 1.82) is 0 Å². The first-order valence-electron chi connectivity index (χ1n) is 9.49. The zero-order valence-electron chi connectivity index (χ0n) is 16.6. The van der Waals surface area contributed by atoms with E-state index in [1.807, 2.05) is 25.1 Å². The number of ether oxygens (including phenoxy) is 2. The summed E-state index contributed by atoms with van der Waals surface area (Å²) in [7, 11) is 0. The summed E-state index contributed by atoms with van der Waals surface area (Å²) in [6, 6.07) is 18.6. The molecule has 0 atom stereocenters. The zero-order valence-corrected chi connectivity index (χ0v) is 16.6. The summed E-state index contributed by atoms with van der Waals surface area (Å²) in [6.07, 6.45) is 0. The van der Waals surface area contributed by atoms with Crippen LogP contribution in [0.3, 0.4) is 0 Å². The van der Waals surface area contributed by atoms with Crippen LogP contribution in [-0.2, 0) is 13.2 Å². The van der Waals surface area contributed by atoms with Crippen molar-refractivity contribution in [3.63, 3.8) is 0 Å². The average molecular weight is 379 g/mol. The van der Waals surface area contributed by atoms with Crippen LogP contribution in [0.1, 0.15) is 29.2 Å². The Bertz CT molecular complexity index is 922. The molecule has 0 aromatic heterocycles. The number of anilines is 1. The van der Waals surface area contributed by atoms with E-state index < -0.39 is 0 Å². The Balaban J connectivity index is 1.67. The molecule has 0 aliphatic rings. The van der Waals surface area contributed by atoms with Crippen LogP contribution in [0.15, 0.2) is 60.7 Å². The molecular formula is C24H26FNO2. The van der Waals surface area contributed by atoms with Crippen molar-refractivity contribution < 1.29 is 13.9 Å². The van der Waals surface area contributed by atoms with E-state index in [9.17, 15) is 4.39 Å². The number of benzene rings is 3. The smallest absolute Gasteiger partial charge is 0.161 e. The molecule has 0 spiro atoms. The van der Waals surface area contributed by atoms with Gasteiger partial charge in [-0.3, -0.25) is 0 Å². The monoisotopic (exact) mass is 379 g/mol. The quantitative estimate of drug-likeness (QED) is 0.518. The minimum atomic E-state index is -0.251. The molecule has 0 radical (unpaired) electrons. The Morgan fingerprint density at radius 3 is 2.25 bits per heavy atom. The van der Waals surface area contributed by atoms with Gasteiger partial charge in [0, 0.05) is 12.2 Å². The second-order valence-corrected chi connectivity index (χ2v) is 6.78. The standard InChI is InChI=1S/C24H26FNO2/c1-4-27-24-14-20(15-26-22-11-5-17(2)18(3)13-22)8-12-23(24)28-16-19-6-9-21(25)10-7-19/h5-14,26H,4,15-16H2,1-3H3. The highest BCUT2D eigenvalue weighted by Gasteiger charge is 2.08. The predicted molar refractivity (Wildman–Crippen MR) is 112 cm³/mol. The molecule has 1 N–H and O–H groups in total. The van der Waals surface area contributed by atoms with E-state index in [2.05, 4.69) is 37.4 Å². The maximum Gasteiger partial charge on any atom is 0.161 e. The van der Waals surface area contributed by atoms with Gasteiger partial charge >= 0.3 is 0 Å². The first kappa shape index (κ1) is 19.7. The van der Waals surface area contributed by atoms with E-state index in [4.69, 9.17) is 9.47 Å². The van der Waals surface area contributed by atoms with E-state index >= 15 is 0 Å². The topological polar surface area (TPSA) is 30.5 Å². The second-order valence-electron chi connectivity index (χ2n) is 6.78. The van der Waals surface area contributed by atoms with Crippen LogP contribution >= 0.6 is 0 Å². The Morgan fingerprint density at radius 1 is 0.786 bits per heavy atom. The van der Waals surface area contributed by atoms with Crippen LogP contribution in [0.2, 0.25) is 0 Å². The van der Waals surface area contributed by atoms with E-state index in [-0.39, 0.29) is 5.82 Å². The third-order valence-electron chi connectivity index (χ3n) is 4.62. The number of hydrogen-bond acceptors (Lipinski definition) is 3. The van der Waals surface area contributed by atoms with Crippen molar-refractivity contribution in [3.8, 4) is 11.5 Å². The van der Waals surface area contributed by atoms with E-state index in [1.54, 1.807) is 12.1 Å². The van der Waals surface area contributed by atoms with Gasteiger partial charge in [-0.05, 0) is 79.4 Å². The van der Waals surface area contributed by atoms with Crippen LogP contribution < -0.4 is 14.8 Å². The van der Waals surface area contributed by atoms with Crippen molar-refractivity contribution >= 4 is 5.69 Å². The van der Waals surface area contributed by atoms with Gasteiger partial charge in [0.25, 0.3) is 0 Å². The van der Waals surface area contributed by atoms with E-state index in [0.29, 0.717) is 31.3 Å². The van der Waals surface area contributed by atoms with E-state index in [1.165, 1.54) is 23.3 Å². The number of hydrogen-bond donors (Lipinski definition) is 1. The van der Waals surface area contributed by atoms with Crippen LogP contribution in [0, 0.1) is 19.7 Å². The average Bonchev–Trinajstić information content (AvgIpc) is 2.69. The molecule has 0 amide bonds. The molecule has 3 aromatic carbocycles. The lowest BCUT2D eigenvalue weighted by Crippen LogP contribution is -2.03. The fourth-order valence-electron chi connectivity index (χ4n) is 2.85. The van der Waals surface area contributed by atoms with Crippen molar-refractivity contribution in [3.05, 3.63) is 88.7 Å². The van der Waals surface area contributed by atoms with Gasteiger partial charge in [-0.25, -0.2) is 4.39 Å². The molecule has 146 valence electrons. The van der Waals surface area contributed by atoms with Crippen molar-refractivity contribution in [2.45, 2.75) is 33.9 Å². The fourth-order valence-corrected chi connectivity index (χ4v) is 2.85. The Morgan fingerprint density at radius 2 is 1.54 bits per heavy atom. The fraction of sp³-hybridized carbons (Fsp3) is 0.250. The SMILES string of the molecule is CCOc1cc(CNc2ccc(C)c(C)c2)ccc1OCc1ccc(F)cc1. The van der Waals surface area contributed by atoms with Gasteiger partial charge in [-0.15, -0.1) is 0 Å². The molecule has 0 heterocycles. The molecule has 0 saturated heterocycles. The molecule has 3 aromatic rings. The van der Waals surface area contributed by atoms with Gasteiger partial charge in [0.1, 0.15) is 12.4 Å². The van der Waals surface area contributed by atoms with Crippen LogP contribution in [-0.4, -0.2) is 6.61 Å². The first-order chi connectivity index (χ1) is 13.5. The molecule has 4 heteroatoms. The summed E-state index contributed by atoms with van der Waals surface area (Å²) in [4.78, 5) is 0. The maximum absolute atomic E-state index is 13.0. The Hall–Kier alpha value is -3.01. The highest BCUT2D eigenvalue weighted by atomic mass is 19.1. The third kappa shape index (κ3) is 5.26. The lowest BCUT2D eigenvalue weighted by Gasteiger charge is -2.14. The summed E-state index contributed by atoms with van der Waals surface area (Å²) in [6.45, 7) is 7.78. The number of halogens is 1. The van der Waals surface area contributed by atoms with Crippen LogP contribution in [0.5, 0.6) is 11.5 Å². The highest BCUT2D eigenvalue weighted by Crippen LogP contribution is 2.30. The molecule has 0 unspecified atom stereocenters. The molecule has 0 fully saturated rings. The maximum atomic E-state index is 13.0. The van der Waals surface area contributed by atoms with Crippen molar-refractivity contribution in [2.24, 2.45) is 0 Å². The summed E-state index contributed by atoms with van der Waals surface area (Å²) >= 11 is 0. The number of rotatable bonds is 8. The minimum Gasteiger partial charge on any atom is -0.490 e. The molecule has 0 aliphatic heterocycles. The summed E-state index contributed by atoms with van der Waals surface area (Å²) < 4.78 is 24.7. The van der Waals surface area contributed by atoms with Gasteiger partial charge in [-0.1, -0.05) is 24.3 Å². The number of nitrogens with one attached hydrogen (secondary N) is 1. The Labute approximate surface area is 166 Å². The highest BCUT2D eigenvalue weighted by molar-refractivity contribution is 5.49. The summed E-state index contributed by atoms with van der Waals surface area (Å²) in [5.41, 5.74) is 5.66. The van der Waals surface area contributed by atoms with E-state index in [0.717, 1.165) is 16.8 Å². The molecule has 28 heavy (non-hydrogen) atoms. The summed E-state index contributed by atoms with van der Waals surface area (Å²) in [5.74, 6) is 1.14. The third-order valence-corrected chi connectivity index (χ3v) is 4.62. The van der Waals surface area contributed by atoms with Gasteiger partial charge in [0.2, 0.25) is 0 Å². The van der Waals surface area contributed by atoms with Gasteiger partial charge < -0.3 is 14.8 Å². The van der Waals surface area contributed by atoms with Crippen LogP contribution in [0.4, 0.5) is 10.1 Å².